The van der Waals surface area contributed by atoms with Crippen molar-refractivity contribution in [1.29, 1.82) is 0 Å². The maximum atomic E-state index is 6.50. The van der Waals surface area contributed by atoms with Gasteiger partial charge in [0.15, 0.2) is 11.5 Å². The normalized spacial score (nSPS) is 22.6. The highest BCUT2D eigenvalue weighted by atomic mass is 35.5. The molecule has 0 aromatic heterocycles. The van der Waals surface area contributed by atoms with Crippen molar-refractivity contribution in [3.8, 4) is 11.5 Å². The molecular formula is C16H22Cl2N2O2. The van der Waals surface area contributed by atoms with Gasteiger partial charge in [-0.3, -0.25) is 9.80 Å². The summed E-state index contributed by atoms with van der Waals surface area (Å²) in [5.74, 6) is 1.13. The van der Waals surface area contributed by atoms with Gasteiger partial charge in [0.25, 0.3) is 0 Å². The Morgan fingerprint density at radius 3 is 2.73 bits per heavy atom. The number of piperazine rings is 1. The quantitative estimate of drug-likeness (QED) is 0.836. The monoisotopic (exact) mass is 344 g/mol. The van der Waals surface area contributed by atoms with Crippen LogP contribution in [0.1, 0.15) is 18.4 Å². The molecule has 2 aliphatic heterocycles. The molecule has 1 aromatic carbocycles. The molecule has 2 heterocycles. The average molecular weight is 345 g/mol. The van der Waals surface area contributed by atoms with Crippen molar-refractivity contribution in [2.75, 3.05) is 40.4 Å². The lowest BCUT2D eigenvalue weighted by Crippen LogP contribution is -2.49. The highest BCUT2D eigenvalue weighted by Gasteiger charge is 2.31. The molecule has 0 saturated carbocycles. The SMILES string of the molecule is COc1cc(Cl)c(CN2CCN3CCC[C@@H]3C2)c(Cl)c1OC. The van der Waals surface area contributed by atoms with Gasteiger partial charge in [0, 0.05) is 43.9 Å². The predicted octanol–water partition coefficient (Wildman–Crippen LogP) is 3.29. The number of nitrogens with zero attached hydrogens (tertiary/aromatic N) is 2. The van der Waals surface area contributed by atoms with Gasteiger partial charge in [0.1, 0.15) is 0 Å². The fraction of sp³-hybridized carbons (Fsp3) is 0.625. The van der Waals surface area contributed by atoms with Gasteiger partial charge in [0.05, 0.1) is 24.3 Å². The molecule has 22 heavy (non-hydrogen) atoms. The Balaban J connectivity index is 1.80. The van der Waals surface area contributed by atoms with Crippen LogP contribution >= 0.6 is 23.2 Å². The van der Waals surface area contributed by atoms with Gasteiger partial charge in [-0.25, -0.2) is 0 Å². The molecule has 2 aliphatic rings. The van der Waals surface area contributed by atoms with Gasteiger partial charge >= 0.3 is 0 Å². The summed E-state index contributed by atoms with van der Waals surface area (Å²) < 4.78 is 10.7. The molecular weight excluding hydrogens is 323 g/mol. The summed E-state index contributed by atoms with van der Waals surface area (Å²) in [6.07, 6.45) is 2.61. The first-order valence-electron chi connectivity index (χ1n) is 7.69. The lowest BCUT2D eigenvalue weighted by Gasteiger charge is -2.37. The summed E-state index contributed by atoms with van der Waals surface area (Å²) in [6, 6.07) is 2.47. The van der Waals surface area contributed by atoms with Crippen molar-refractivity contribution in [3.63, 3.8) is 0 Å². The van der Waals surface area contributed by atoms with Crippen molar-refractivity contribution in [1.82, 2.24) is 9.80 Å². The standard InChI is InChI=1S/C16H22Cl2N2O2/c1-21-14-8-13(17)12(15(18)16(14)22-2)10-19-6-7-20-5-3-4-11(20)9-19/h8,11H,3-7,9-10H2,1-2H3/t11-/m1/s1. The summed E-state index contributed by atoms with van der Waals surface area (Å²) in [5, 5.41) is 1.19. The Morgan fingerprint density at radius 2 is 2.00 bits per heavy atom. The van der Waals surface area contributed by atoms with Crippen LogP contribution in [0, 0.1) is 0 Å². The number of halogens is 2. The van der Waals surface area contributed by atoms with Crippen molar-refractivity contribution >= 4 is 23.2 Å². The van der Waals surface area contributed by atoms with Crippen molar-refractivity contribution in [2.24, 2.45) is 0 Å². The highest BCUT2D eigenvalue weighted by Crippen LogP contribution is 2.42. The van der Waals surface area contributed by atoms with E-state index in [0.29, 0.717) is 27.6 Å². The molecule has 0 spiro atoms. The maximum absolute atomic E-state index is 6.50. The Labute approximate surface area is 141 Å². The van der Waals surface area contributed by atoms with Gasteiger partial charge in [-0.1, -0.05) is 23.2 Å². The lowest BCUT2D eigenvalue weighted by molar-refractivity contribution is 0.0993. The molecule has 0 bridgehead atoms. The first kappa shape index (κ1) is 16.2. The molecule has 6 heteroatoms. The topological polar surface area (TPSA) is 24.9 Å². The molecule has 122 valence electrons. The minimum Gasteiger partial charge on any atom is -0.493 e. The van der Waals surface area contributed by atoms with Gasteiger partial charge in [-0.15, -0.1) is 0 Å². The Hall–Kier alpha value is -0.680. The summed E-state index contributed by atoms with van der Waals surface area (Å²) >= 11 is 12.9. The van der Waals surface area contributed by atoms with Crippen LogP contribution in [0.25, 0.3) is 0 Å². The number of benzene rings is 1. The third kappa shape index (κ3) is 3.02. The molecule has 2 saturated heterocycles. The highest BCUT2D eigenvalue weighted by molar-refractivity contribution is 6.37. The molecule has 1 atom stereocenters. The van der Waals surface area contributed by atoms with Crippen LogP contribution in [0.15, 0.2) is 6.07 Å². The van der Waals surface area contributed by atoms with E-state index >= 15 is 0 Å². The van der Waals surface area contributed by atoms with E-state index in [1.54, 1.807) is 20.3 Å². The van der Waals surface area contributed by atoms with Crippen molar-refractivity contribution in [3.05, 3.63) is 21.7 Å². The minimum atomic E-state index is 0.556. The molecule has 0 amide bonds. The van der Waals surface area contributed by atoms with Gasteiger partial charge < -0.3 is 9.47 Å². The number of hydrogen-bond acceptors (Lipinski definition) is 4. The van der Waals surface area contributed by atoms with Gasteiger partial charge in [-0.2, -0.15) is 0 Å². The third-order valence-corrected chi connectivity index (χ3v) is 5.45. The van der Waals surface area contributed by atoms with Crippen LogP contribution in [0.5, 0.6) is 11.5 Å². The van der Waals surface area contributed by atoms with Crippen LogP contribution in [-0.2, 0) is 6.54 Å². The van der Waals surface area contributed by atoms with Crippen molar-refractivity contribution in [2.45, 2.75) is 25.4 Å². The Kier molecular flexibility index (Phi) is 5.03. The molecule has 0 N–H and O–H groups in total. The van der Waals surface area contributed by atoms with Crippen LogP contribution in [0.3, 0.4) is 0 Å². The second-order valence-corrected chi connectivity index (χ2v) is 6.74. The fourth-order valence-electron chi connectivity index (χ4n) is 3.53. The van der Waals surface area contributed by atoms with Crippen LogP contribution in [0.2, 0.25) is 10.0 Å². The van der Waals surface area contributed by atoms with Crippen LogP contribution in [0.4, 0.5) is 0 Å². The first-order valence-corrected chi connectivity index (χ1v) is 8.45. The van der Waals surface area contributed by atoms with E-state index in [1.807, 2.05) is 0 Å². The van der Waals surface area contributed by atoms with Crippen LogP contribution < -0.4 is 9.47 Å². The van der Waals surface area contributed by atoms with Gasteiger partial charge in [0.2, 0.25) is 0 Å². The largest absolute Gasteiger partial charge is 0.493 e. The van der Waals surface area contributed by atoms with E-state index < -0.39 is 0 Å². The molecule has 1 aromatic rings. The summed E-state index contributed by atoms with van der Waals surface area (Å²) in [7, 11) is 3.18. The summed E-state index contributed by atoms with van der Waals surface area (Å²) in [6.45, 7) is 5.27. The number of hydrogen-bond donors (Lipinski definition) is 0. The molecule has 0 aliphatic carbocycles. The zero-order valence-corrected chi connectivity index (χ0v) is 14.6. The molecule has 0 unspecified atom stereocenters. The fourth-order valence-corrected chi connectivity index (χ4v) is 4.16. The van der Waals surface area contributed by atoms with E-state index in [-0.39, 0.29) is 0 Å². The molecule has 4 nitrogen and oxygen atoms in total. The predicted molar refractivity (Wildman–Crippen MR) is 89.4 cm³/mol. The summed E-state index contributed by atoms with van der Waals surface area (Å²) in [5.41, 5.74) is 0.924. The number of rotatable bonds is 4. The minimum absolute atomic E-state index is 0.556. The smallest absolute Gasteiger partial charge is 0.179 e. The number of methoxy groups -OCH3 is 2. The zero-order chi connectivity index (χ0) is 15.7. The Morgan fingerprint density at radius 1 is 1.18 bits per heavy atom. The number of fused-ring (bicyclic) bond motifs is 1. The van der Waals surface area contributed by atoms with Crippen LogP contribution in [-0.4, -0.2) is 56.2 Å². The lowest BCUT2D eigenvalue weighted by atomic mass is 10.1. The maximum Gasteiger partial charge on any atom is 0.179 e. The third-order valence-electron chi connectivity index (χ3n) is 4.71. The number of ether oxygens (including phenoxy) is 2. The zero-order valence-electron chi connectivity index (χ0n) is 13.1. The molecule has 2 fully saturated rings. The second-order valence-electron chi connectivity index (χ2n) is 5.95. The Bertz CT molecular complexity index is 553. The second kappa shape index (κ2) is 6.83. The van der Waals surface area contributed by atoms with E-state index in [0.717, 1.165) is 31.7 Å². The molecule has 3 rings (SSSR count). The summed E-state index contributed by atoms with van der Waals surface area (Å²) in [4.78, 5) is 5.03. The van der Waals surface area contributed by atoms with E-state index in [9.17, 15) is 0 Å². The van der Waals surface area contributed by atoms with Crippen molar-refractivity contribution < 1.29 is 9.47 Å². The van der Waals surface area contributed by atoms with E-state index in [2.05, 4.69) is 9.80 Å². The first-order chi connectivity index (χ1) is 10.6. The average Bonchev–Trinajstić information content (AvgIpc) is 2.98. The van der Waals surface area contributed by atoms with Gasteiger partial charge in [-0.05, 0) is 19.4 Å². The molecule has 0 radical (unpaired) electrons. The van der Waals surface area contributed by atoms with E-state index in [1.165, 1.54) is 19.4 Å². The van der Waals surface area contributed by atoms with E-state index in [4.69, 9.17) is 32.7 Å².